The van der Waals surface area contributed by atoms with Crippen molar-refractivity contribution in [3.05, 3.63) is 24.3 Å². The number of allylic oxidation sites excluding steroid dienone is 4. The Morgan fingerprint density at radius 2 is 1.67 bits per heavy atom. The summed E-state index contributed by atoms with van der Waals surface area (Å²) in [5, 5.41) is 0. The van der Waals surface area contributed by atoms with Crippen LogP contribution in [0.2, 0.25) is 5.82 Å². The van der Waals surface area contributed by atoms with Gasteiger partial charge >= 0.3 is 7.12 Å². The van der Waals surface area contributed by atoms with E-state index >= 15 is 0 Å². The first-order chi connectivity index (χ1) is 6.92. The van der Waals surface area contributed by atoms with Crippen LogP contribution in [-0.4, -0.2) is 18.3 Å². The molecule has 0 amide bonds. The predicted molar refractivity (Wildman–Crippen MR) is 62.7 cm³/mol. The summed E-state index contributed by atoms with van der Waals surface area (Å²) in [6.07, 6.45) is 9.48. The Balaban J connectivity index is 2.09. The summed E-state index contributed by atoms with van der Waals surface area (Å²) in [5.41, 5.74) is -0.431. The Morgan fingerprint density at radius 3 is 2.13 bits per heavy atom. The molecule has 1 fully saturated rings. The van der Waals surface area contributed by atoms with Gasteiger partial charge in [0.05, 0.1) is 11.2 Å². The van der Waals surface area contributed by atoms with Crippen molar-refractivity contribution < 1.29 is 9.31 Å². The summed E-state index contributed by atoms with van der Waals surface area (Å²) >= 11 is 0. The first-order valence-corrected chi connectivity index (χ1v) is 5.61. The molecule has 1 unspecified atom stereocenters. The van der Waals surface area contributed by atoms with Gasteiger partial charge in [-0.3, -0.25) is 0 Å². The first-order valence-electron chi connectivity index (χ1n) is 5.61. The fraction of sp³-hybridized carbons (Fsp3) is 0.667. The van der Waals surface area contributed by atoms with Crippen LogP contribution in [-0.2, 0) is 9.31 Å². The van der Waals surface area contributed by atoms with Crippen LogP contribution in [0.4, 0.5) is 0 Å². The highest BCUT2D eigenvalue weighted by Crippen LogP contribution is 2.41. The van der Waals surface area contributed by atoms with E-state index in [1.54, 1.807) is 0 Å². The van der Waals surface area contributed by atoms with Crippen LogP contribution >= 0.6 is 0 Å². The Morgan fingerprint density at radius 1 is 1.07 bits per heavy atom. The van der Waals surface area contributed by atoms with Crippen molar-refractivity contribution in [1.82, 2.24) is 0 Å². The zero-order chi connectivity index (χ0) is 11.1. The van der Waals surface area contributed by atoms with Crippen molar-refractivity contribution in [2.75, 3.05) is 0 Å². The highest BCUT2D eigenvalue weighted by atomic mass is 16.7. The molecule has 15 heavy (non-hydrogen) atoms. The fourth-order valence-corrected chi connectivity index (χ4v) is 1.86. The summed E-state index contributed by atoms with van der Waals surface area (Å²) in [6, 6.07) is 0. The minimum absolute atomic E-state index is 0.101. The van der Waals surface area contributed by atoms with Gasteiger partial charge in [-0.05, 0) is 34.1 Å². The molecular weight excluding hydrogens is 187 g/mol. The summed E-state index contributed by atoms with van der Waals surface area (Å²) in [6.45, 7) is 8.37. The molecule has 2 nitrogen and oxygen atoms in total. The van der Waals surface area contributed by atoms with Crippen molar-refractivity contribution >= 4 is 7.12 Å². The third kappa shape index (κ3) is 1.91. The molecule has 2 aliphatic rings. The van der Waals surface area contributed by atoms with Crippen LogP contribution < -0.4 is 0 Å². The topological polar surface area (TPSA) is 18.5 Å². The van der Waals surface area contributed by atoms with E-state index < -0.39 is 0 Å². The molecule has 3 heteroatoms. The molecule has 0 aromatic carbocycles. The maximum absolute atomic E-state index is 6.00. The molecule has 1 aliphatic carbocycles. The van der Waals surface area contributed by atoms with Gasteiger partial charge in [-0.1, -0.05) is 24.3 Å². The van der Waals surface area contributed by atoms with Crippen LogP contribution in [0.25, 0.3) is 0 Å². The molecule has 2 rings (SSSR count). The molecule has 0 aromatic heterocycles. The summed E-state index contributed by atoms with van der Waals surface area (Å²) < 4.78 is 12.0. The standard InChI is InChI=1S/C12H19BO2/c1-11(2)12(3,4)15-13(14-11)10-8-6-5-7-9-10/h5-8,10H,9H2,1-4H3. The number of rotatable bonds is 1. The molecule has 1 heterocycles. The summed E-state index contributed by atoms with van der Waals surface area (Å²) in [4.78, 5) is 0. The van der Waals surface area contributed by atoms with Crippen molar-refractivity contribution in [2.45, 2.75) is 51.1 Å². The molecule has 0 bridgehead atoms. The normalized spacial score (nSPS) is 32.3. The van der Waals surface area contributed by atoms with E-state index in [2.05, 4.69) is 52.0 Å². The maximum atomic E-state index is 6.00. The van der Waals surface area contributed by atoms with Gasteiger partial charge in [-0.2, -0.15) is 0 Å². The minimum Gasteiger partial charge on any atom is -0.403 e. The number of hydrogen-bond acceptors (Lipinski definition) is 2. The van der Waals surface area contributed by atoms with Crippen molar-refractivity contribution in [1.29, 1.82) is 0 Å². The van der Waals surface area contributed by atoms with Crippen LogP contribution in [0, 0.1) is 0 Å². The smallest absolute Gasteiger partial charge is 0.403 e. The van der Waals surface area contributed by atoms with Gasteiger partial charge < -0.3 is 9.31 Å². The van der Waals surface area contributed by atoms with Gasteiger partial charge in [0.15, 0.2) is 0 Å². The highest BCUT2D eigenvalue weighted by Gasteiger charge is 2.52. The Kier molecular flexibility index (Phi) is 2.56. The molecule has 0 aromatic rings. The molecule has 0 saturated carbocycles. The van der Waals surface area contributed by atoms with Gasteiger partial charge in [0.25, 0.3) is 0 Å². The second-order valence-corrected chi connectivity index (χ2v) is 5.34. The fourth-order valence-electron chi connectivity index (χ4n) is 1.86. The van der Waals surface area contributed by atoms with E-state index in [9.17, 15) is 0 Å². The summed E-state index contributed by atoms with van der Waals surface area (Å²) in [7, 11) is -0.101. The quantitative estimate of drug-likeness (QED) is 0.614. The Labute approximate surface area is 92.5 Å². The molecule has 0 spiro atoms. The number of hydrogen-bond donors (Lipinski definition) is 0. The van der Waals surface area contributed by atoms with Crippen LogP contribution in [0.15, 0.2) is 24.3 Å². The monoisotopic (exact) mass is 206 g/mol. The lowest BCUT2D eigenvalue weighted by Crippen LogP contribution is -2.41. The van der Waals surface area contributed by atoms with Gasteiger partial charge in [-0.15, -0.1) is 0 Å². The third-order valence-electron chi connectivity index (χ3n) is 3.63. The van der Waals surface area contributed by atoms with E-state index in [-0.39, 0.29) is 18.3 Å². The molecular formula is C12H19BO2. The molecule has 1 aliphatic heterocycles. The first kappa shape index (κ1) is 11.0. The SMILES string of the molecule is CC1(C)OB(C2C=CC=CC2)OC1(C)C. The zero-order valence-electron chi connectivity index (χ0n) is 9.99. The van der Waals surface area contributed by atoms with Crippen LogP contribution in [0.5, 0.6) is 0 Å². The zero-order valence-corrected chi connectivity index (χ0v) is 9.99. The van der Waals surface area contributed by atoms with E-state index in [0.717, 1.165) is 6.42 Å². The predicted octanol–water partition coefficient (Wildman–Crippen LogP) is 2.96. The van der Waals surface area contributed by atoms with E-state index in [1.807, 2.05) is 0 Å². The van der Waals surface area contributed by atoms with Gasteiger partial charge in [0.1, 0.15) is 0 Å². The summed E-state index contributed by atoms with van der Waals surface area (Å²) in [5.74, 6) is 0.357. The lowest BCUT2D eigenvalue weighted by Gasteiger charge is -2.32. The molecule has 1 atom stereocenters. The van der Waals surface area contributed by atoms with E-state index in [4.69, 9.17) is 9.31 Å². The Bertz CT molecular complexity index is 289. The second-order valence-electron chi connectivity index (χ2n) is 5.34. The van der Waals surface area contributed by atoms with Crippen molar-refractivity contribution in [2.24, 2.45) is 0 Å². The molecule has 0 N–H and O–H groups in total. The van der Waals surface area contributed by atoms with Gasteiger partial charge in [0, 0.05) is 5.82 Å². The molecule has 82 valence electrons. The average Bonchev–Trinajstić information content (AvgIpc) is 2.38. The van der Waals surface area contributed by atoms with Gasteiger partial charge in [0.2, 0.25) is 0 Å². The maximum Gasteiger partial charge on any atom is 0.465 e. The van der Waals surface area contributed by atoms with E-state index in [0.29, 0.717) is 5.82 Å². The largest absolute Gasteiger partial charge is 0.465 e. The third-order valence-corrected chi connectivity index (χ3v) is 3.63. The van der Waals surface area contributed by atoms with Gasteiger partial charge in [-0.25, -0.2) is 0 Å². The lowest BCUT2D eigenvalue weighted by molar-refractivity contribution is 0.00578. The van der Waals surface area contributed by atoms with Crippen LogP contribution in [0.1, 0.15) is 34.1 Å². The average molecular weight is 206 g/mol. The van der Waals surface area contributed by atoms with Crippen molar-refractivity contribution in [3.63, 3.8) is 0 Å². The Hall–Kier alpha value is -0.535. The van der Waals surface area contributed by atoms with E-state index in [1.165, 1.54) is 0 Å². The van der Waals surface area contributed by atoms with Crippen LogP contribution in [0.3, 0.4) is 0 Å². The van der Waals surface area contributed by atoms with Crippen molar-refractivity contribution in [3.8, 4) is 0 Å². The molecule has 1 saturated heterocycles. The highest BCUT2D eigenvalue weighted by molar-refractivity contribution is 6.48. The molecule has 0 radical (unpaired) electrons. The minimum atomic E-state index is -0.216. The second kappa shape index (κ2) is 3.50. The lowest BCUT2D eigenvalue weighted by atomic mass is 9.69.